The lowest BCUT2D eigenvalue weighted by atomic mass is 9.74. The molecule has 0 bridgehead atoms. The van der Waals surface area contributed by atoms with Gasteiger partial charge in [0, 0.05) is 33.1 Å². The smallest absolute Gasteiger partial charge is 0.415 e. The number of aryl methyl sites for hydroxylation is 1. The molecular formula is C23H25F3N2O5. The van der Waals surface area contributed by atoms with Crippen LogP contribution in [0.2, 0.25) is 0 Å². The van der Waals surface area contributed by atoms with Gasteiger partial charge in [0.15, 0.2) is 6.04 Å². The van der Waals surface area contributed by atoms with Crippen LogP contribution < -0.4 is 5.32 Å². The van der Waals surface area contributed by atoms with Crippen LogP contribution in [0.25, 0.3) is 0 Å². The first-order valence-corrected chi connectivity index (χ1v) is 10.4. The Morgan fingerprint density at radius 2 is 1.97 bits per heavy atom. The summed E-state index contributed by atoms with van der Waals surface area (Å²) in [6.07, 6.45) is -4.26. The summed E-state index contributed by atoms with van der Waals surface area (Å²) in [5.74, 6) is -2.58. The Hall–Kier alpha value is -3.14. The van der Waals surface area contributed by atoms with Crippen molar-refractivity contribution in [2.45, 2.75) is 43.8 Å². The first-order chi connectivity index (χ1) is 15.6. The molecule has 1 aromatic heterocycles. The van der Waals surface area contributed by atoms with E-state index >= 15 is 0 Å². The van der Waals surface area contributed by atoms with Gasteiger partial charge in [-0.25, -0.2) is 0 Å². The first-order valence-electron chi connectivity index (χ1n) is 10.4. The third-order valence-electron chi connectivity index (χ3n) is 5.72. The van der Waals surface area contributed by atoms with E-state index in [9.17, 15) is 27.6 Å². The Bertz CT molecular complexity index is 1010. The minimum absolute atomic E-state index is 0.0956. The number of likely N-dealkylation sites (tertiary alicyclic amines) is 1. The van der Waals surface area contributed by atoms with Crippen molar-refractivity contribution in [3.05, 3.63) is 59.5 Å². The number of nitrogens with one attached hydrogen (secondary N) is 1. The molecule has 0 spiro atoms. The molecule has 10 heteroatoms. The summed E-state index contributed by atoms with van der Waals surface area (Å²) in [5, 5.41) is 1.94. The Labute approximate surface area is 188 Å². The fourth-order valence-electron chi connectivity index (χ4n) is 4.20. The molecule has 0 saturated carbocycles. The number of furan rings is 1. The van der Waals surface area contributed by atoms with Crippen LogP contribution in [0.5, 0.6) is 0 Å². The number of carbonyl (C=O) groups excluding carboxylic acids is 3. The average molecular weight is 466 g/mol. The molecular weight excluding hydrogens is 441 g/mol. The highest BCUT2D eigenvalue weighted by Gasteiger charge is 2.54. The lowest BCUT2D eigenvalue weighted by Gasteiger charge is -2.29. The SMILES string of the molecule is COCCCN1C(=O)C[C@@](CC(=O)N[C@@H](c2ccco2)C(F)(F)F)(c2ccccc2C)C1=O. The molecule has 0 unspecified atom stereocenters. The van der Waals surface area contributed by atoms with Crippen LogP contribution in [0, 0.1) is 6.92 Å². The number of amides is 3. The highest BCUT2D eigenvalue weighted by atomic mass is 19.4. The summed E-state index contributed by atoms with van der Waals surface area (Å²) < 4.78 is 50.6. The van der Waals surface area contributed by atoms with Gasteiger partial charge in [-0.15, -0.1) is 0 Å². The van der Waals surface area contributed by atoms with Crippen LogP contribution in [0.3, 0.4) is 0 Å². The maximum absolute atomic E-state index is 13.6. The first kappa shape index (κ1) is 24.5. The van der Waals surface area contributed by atoms with Crippen molar-refractivity contribution < 1.29 is 36.7 Å². The Kier molecular flexibility index (Phi) is 7.26. The van der Waals surface area contributed by atoms with Gasteiger partial charge in [-0.1, -0.05) is 24.3 Å². The van der Waals surface area contributed by atoms with E-state index in [4.69, 9.17) is 9.15 Å². The molecule has 1 aliphatic rings. The van der Waals surface area contributed by atoms with Crippen LogP contribution in [0.1, 0.15) is 42.2 Å². The molecule has 1 aromatic carbocycles. The molecule has 7 nitrogen and oxygen atoms in total. The molecule has 3 amide bonds. The zero-order chi connectivity index (χ0) is 24.2. The van der Waals surface area contributed by atoms with Crippen LogP contribution in [0.4, 0.5) is 13.2 Å². The van der Waals surface area contributed by atoms with E-state index in [0.29, 0.717) is 24.2 Å². The van der Waals surface area contributed by atoms with Crippen LogP contribution in [-0.2, 0) is 24.5 Å². The van der Waals surface area contributed by atoms with Gasteiger partial charge in [-0.3, -0.25) is 19.3 Å². The van der Waals surface area contributed by atoms with Crippen molar-refractivity contribution in [2.75, 3.05) is 20.3 Å². The number of hydrogen-bond donors (Lipinski definition) is 1. The number of halogens is 3. The lowest BCUT2D eigenvalue weighted by molar-refractivity contribution is -0.167. The van der Waals surface area contributed by atoms with Crippen molar-refractivity contribution in [3.63, 3.8) is 0 Å². The summed E-state index contributed by atoms with van der Waals surface area (Å²) >= 11 is 0. The maximum atomic E-state index is 13.6. The number of imide groups is 1. The third kappa shape index (κ3) is 5.11. The highest BCUT2D eigenvalue weighted by molar-refractivity contribution is 6.11. The maximum Gasteiger partial charge on any atom is 0.415 e. The van der Waals surface area contributed by atoms with E-state index < -0.39 is 47.5 Å². The molecule has 1 N–H and O–H groups in total. The Balaban J connectivity index is 1.93. The summed E-state index contributed by atoms with van der Waals surface area (Å²) in [4.78, 5) is 40.2. The molecule has 2 aromatic rings. The fraction of sp³-hybridized carbons (Fsp3) is 0.435. The number of methoxy groups -OCH3 is 1. The van der Waals surface area contributed by atoms with Crippen LogP contribution in [0.15, 0.2) is 47.1 Å². The monoisotopic (exact) mass is 466 g/mol. The summed E-state index contributed by atoms with van der Waals surface area (Å²) in [6, 6.07) is 6.76. The second-order valence-corrected chi connectivity index (χ2v) is 8.01. The van der Waals surface area contributed by atoms with Gasteiger partial charge in [0.05, 0.1) is 11.7 Å². The predicted octanol–water partition coefficient (Wildman–Crippen LogP) is 3.43. The predicted molar refractivity (Wildman–Crippen MR) is 111 cm³/mol. The molecule has 0 radical (unpaired) electrons. The standard InChI is InChI=1S/C23H25F3N2O5/c1-15-7-3-4-8-16(15)22(14-19(30)28(21(22)31)10-6-11-32-2)13-18(29)27-20(23(24,25)26)17-9-5-12-33-17/h3-5,7-9,12,20H,6,10-11,13-14H2,1-2H3,(H,27,29)/t20-,22-/m0/s1. The third-order valence-corrected chi connectivity index (χ3v) is 5.72. The van der Waals surface area contributed by atoms with Crippen molar-refractivity contribution in [2.24, 2.45) is 0 Å². The number of ether oxygens (including phenoxy) is 1. The molecule has 1 fully saturated rings. The van der Waals surface area contributed by atoms with Gasteiger partial charge in [0.25, 0.3) is 0 Å². The van der Waals surface area contributed by atoms with E-state index in [1.165, 1.54) is 13.2 Å². The number of hydrogen-bond acceptors (Lipinski definition) is 5. The number of carbonyl (C=O) groups is 3. The Morgan fingerprint density at radius 3 is 2.58 bits per heavy atom. The number of rotatable bonds is 9. The zero-order valence-electron chi connectivity index (χ0n) is 18.3. The van der Waals surface area contributed by atoms with Crippen LogP contribution >= 0.6 is 0 Å². The summed E-state index contributed by atoms with van der Waals surface area (Å²) in [5.41, 5.74) is -0.503. The Morgan fingerprint density at radius 1 is 1.24 bits per heavy atom. The largest absolute Gasteiger partial charge is 0.467 e. The number of nitrogens with zero attached hydrogens (tertiary/aromatic N) is 1. The van der Waals surface area contributed by atoms with E-state index in [2.05, 4.69) is 0 Å². The molecule has 1 saturated heterocycles. The number of benzene rings is 1. The fourth-order valence-corrected chi connectivity index (χ4v) is 4.20. The zero-order valence-corrected chi connectivity index (χ0v) is 18.3. The highest BCUT2D eigenvalue weighted by Crippen LogP contribution is 2.42. The molecule has 1 aliphatic heterocycles. The molecule has 3 rings (SSSR count). The van der Waals surface area contributed by atoms with Gasteiger partial charge in [-0.05, 0) is 36.6 Å². The van der Waals surface area contributed by atoms with Gasteiger partial charge in [0.2, 0.25) is 17.7 Å². The van der Waals surface area contributed by atoms with E-state index in [1.54, 1.807) is 31.2 Å². The second kappa shape index (κ2) is 9.78. The second-order valence-electron chi connectivity index (χ2n) is 8.01. The normalized spacial score (nSPS) is 19.7. The summed E-state index contributed by atoms with van der Waals surface area (Å²) in [7, 11) is 1.49. The average Bonchev–Trinajstić information content (AvgIpc) is 3.35. The number of alkyl halides is 3. The van der Waals surface area contributed by atoms with Gasteiger partial charge in [-0.2, -0.15) is 13.2 Å². The molecule has 178 valence electrons. The minimum atomic E-state index is -4.81. The van der Waals surface area contributed by atoms with E-state index in [-0.39, 0.29) is 13.0 Å². The van der Waals surface area contributed by atoms with Gasteiger partial charge >= 0.3 is 6.18 Å². The van der Waals surface area contributed by atoms with E-state index in [1.807, 2.05) is 5.32 Å². The van der Waals surface area contributed by atoms with Crippen molar-refractivity contribution in [1.82, 2.24) is 10.2 Å². The topological polar surface area (TPSA) is 88.8 Å². The van der Waals surface area contributed by atoms with Crippen molar-refractivity contribution in [3.8, 4) is 0 Å². The van der Waals surface area contributed by atoms with Gasteiger partial charge in [0.1, 0.15) is 5.76 Å². The molecule has 33 heavy (non-hydrogen) atoms. The summed E-state index contributed by atoms with van der Waals surface area (Å²) in [6.45, 7) is 2.14. The lowest BCUT2D eigenvalue weighted by Crippen LogP contribution is -2.45. The molecule has 0 aliphatic carbocycles. The van der Waals surface area contributed by atoms with Crippen molar-refractivity contribution in [1.29, 1.82) is 0 Å². The van der Waals surface area contributed by atoms with Crippen LogP contribution in [-0.4, -0.2) is 49.1 Å². The minimum Gasteiger partial charge on any atom is -0.467 e. The molecule has 2 heterocycles. The van der Waals surface area contributed by atoms with Crippen molar-refractivity contribution >= 4 is 17.7 Å². The van der Waals surface area contributed by atoms with Gasteiger partial charge < -0.3 is 14.5 Å². The molecule has 2 atom stereocenters. The quantitative estimate of drug-likeness (QED) is 0.452. The van der Waals surface area contributed by atoms with E-state index in [0.717, 1.165) is 17.2 Å².